The van der Waals surface area contributed by atoms with Gasteiger partial charge < -0.3 is 14.2 Å². The summed E-state index contributed by atoms with van der Waals surface area (Å²) < 4.78 is 18.1. The molecule has 148 valence electrons. The number of H-pyrrole nitrogens is 1. The second-order valence-electron chi connectivity index (χ2n) is 6.50. The van der Waals surface area contributed by atoms with E-state index in [1.54, 1.807) is 14.2 Å². The molecule has 4 aromatic rings. The minimum absolute atomic E-state index is 0.141. The van der Waals surface area contributed by atoms with Crippen LogP contribution in [0.25, 0.3) is 16.8 Å². The van der Waals surface area contributed by atoms with E-state index in [9.17, 15) is 4.79 Å². The van der Waals surface area contributed by atoms with Gasteiger partial charge in [-0.1, -0.05) is 30.3 Å². The van der Waals surface area contributed by atoms with Crippen LogP contribution < -0.4 is 19.8 Å². The van der Waals surface area contributed by atoms with E-state index < -0.39 is 0 Å². The maximum Gasteiger partial charge on any atom is 0.273 e. The third-order valence-electron chi connectivity index (χ3n) is 4.67. The molecule has 2 aromatic carbocycles. The summed E-state index contributed by atoms with van der Waals surface area (Å²) >= 11 is 0. The Labute approximate surface area is 167 Å². The van der Waals surface area contributed by atoms with Crippen molar-refractivity contribution >= 4 is 5.65 Å². The van der Waals surface area contributed by atoms with Crippen LogP contribution in [0.2, 0.25) is 0 Å². The van der Waals surface area contributed by atoms with Crippen LogP contribution in [0.15, 0.2) is 59.4 Å². The van der Waals surface area contributed by atoms with E-state index in [2.05, 4.69) is 10.1 Å². The molecular formula is C22H21N3O4. The Kier molecular flexibility index (Phi) is 4.95. The van der Waals surface area contributed by atoms with Crippen LogP contribution in [0.5, 0.6) is 17.2 Å². The lowest BCUT2D eigenvalue weighted by atomic mass is 10.1. The number of nitrogens with zero attached hydrogens (tertiary/aromatic N) is 2. The Morgan fingerprint density at radius 2 is 1.62 bits per heavy atom. The van der Waals surface area contributed by atoms with Crippen molar-refractivity contribution < 1.29 is 14.2 Å². The first-order chi connectivity index (χ1) is 14.1. The smallest absolute Gasteiger partial charge is 0.273 e. The highest BCUT2D eigenvalue weighted by Gasteiger charge is 2.18. The molecule has 2 aromatic heterocycles. The quantitative estimate of drug-likeness (QED) is 0.543. The van der Waals surface area contributed by atoms with Gasteiger partial charge in [-0.05, 0) is 25.1 Å². The number of para-hydroxylation sites is 3. The minimum atomic E-state index is -0.210. The van der Waals surface area contributed by atoms with Gasteiger partial charge in [-0.2, -0.15) is 0 Å². The number of aromatic nitrogens is 3. The largest absolute Gasteiger partial charge is 0.496 e. The first-order valence-corrected chi connectivity index (χ1v) is 9.13. The molecule has 0 aliphatic rings. The van der Waals surface area contributed by atoms with Gasteiger partial charge in [0.05, 0.1) is 25.5 Å². The maximum atomic E-state index is 12.7. The zero-order chi connectivity index (χ0) is 20.4. The van der Waals surface area contributed by atoms with E-state index in [0.29, 0.717) is 28.6 Å². The van der Waals surface area contributed by atoms with E-state index in [-0.39, 0.29) is 12.2 Å². The second-order valence-corrected chi connectivity index (χ2v) is 6.50. The maximum absolute atomic E-state index is 12.7. The van der Waals surface area contributed by atoms with Gasteiger partial charge in [0.15, 0.2) is 17.1 Å². The number of fused-ring (bicyclic) bond motifs is 1. The standard InChI is InChI=1S/C22H21N3O4/c1-14-21(16-8-4-5-9-17(16)27-2)22-23-15(12-20(26)25(22)24-14)13-29-19-11-7-6-10-18(19)28-3/h4-12,24H,13H2,1-3H3. The Morgan fingerprint density at radius 3 is 2.34 bits per heavy atom. The molecule has 7 nitrogen and oxygen atoms in total. The average Bonchev–Trinajstić information content (AvgIpc) is 3.08. The van der Waals surface area contributed by atoms with Crippen molar-refractivity contribution in [1.82, 2.24) is 14.6 Å². The van der Waals surface area contributed by atoms with Crippen LogP contribution >= 0.6 is 0 Å². The lowest BCUT2D eigenvalue weighted by molar-refractivity contribution is 0.280. The van der Waals surface area contributed by atoms with Gasteiger partial charge in [-0.25, -0.2) is 9.50 Å². The highest BCUT2D eigenvalue weighted by atomic mass is 16.5. The lowest BCUT2D eigenvalue weighted by Crippen LogP contribution is -2.16. The lowest BCUT2D eigenvalue weighted by Gasteiger charge is -2.10. The number of aryl methyl sites for hydroxylation is 1. The number of rotatable bonds is 6. The molecule has 4 rings (SSSR count). The third-order valence-corrected chi connectivity index (χ3v) is 4.67. The topological polar surface area (TPSA) is 77.8 Å². The molecule has 0 aliphatic carbocycles. The number of ether oxygens (including phenoxy) is 3. The van der Waals surface area contributed by atoms with Gasteiger partial charge in [0.25, 0.3) is 5.56 Å². The van der Waals surface area contributed by atoms with Crippen molar-refractivity contribution in [2.45, 2.75) is 13.5 Å². The molecule has 0 amide bonds. The molecule has 0 atom stereocenters. The summed E-state index contributed by atoms with van der Waals surface area (Å²) in [5.41, 5.74) is 3.34. The number of benzene rings is 2. The fourth-order valence-electron chi connectivity index (χ4n) is 3.33. The summed E-state index contributed by atoms with van der Waals surface area (Å²) in [5.74, 6) is 1.92. The first-order valence-electron chi connectivity index (χ1n) is 9.13. The molecule has 7 heteroatoms. The number of hydrogen-bond donors (Lipinski definition) is 1. The first kappa shape index (κ1) is 18.6. The predicted octanol–water partition coefficient (Wildman–Crippen LogP) is 3.59. The molecule has 1 N–H and O–H groups in total. The predicted molar refractivity (Wildman–Crippen MR) is 110 cm³/mol. The summed E-state index contributed by atoms with van der Waals surface area (Å²) in [6.45, 7) is 2.04. The monoisotopic (exact) mass is 391 g/mol. The number of hydrogen-bond acceptors (Lipinski definition) is 5. The molecule has 0 bridgehead atoms. The van der Waals surface area contributed by atoms with Gasteiger partial charge in [-0.15, -0.1) is 0 Å². The van der Waals surface area contributed by atoms with Gasteiger partial charge in [0.2, 0.25) is 0 Å². The Hall–Kier alpha value is -3.74. The van der Waals surface area contributed by atoms with E-state index in [4.69, 9.17) is 14.2 Å². The summed E-state index contributed by atoms with van der Waals surface area (Å²) in [6.07, 6.45) is 0. The molecule has 0 saturated heterocycles. The minimum Gasteiger partial charge on any atom is -0.496 e. The summed E-state index contributed by atoms with van der Waals surface area (Å²) in [5, 5.41) is 3.09. The normalized spacial score (nSPS) is 10.9. The number of methoxy groups -OCH3 is 2. The molecule has 0 unspecified atom stereocenters. The van der Waals surface area contributed by atoms with Crippen LogP contribution in [-0.2, 0) is 6.61 Å². The van der Waals surface area contributed by atoms with Gasteiger partial charge in [0.1, 0.15) is 12.4 Å². The van der Waals surface area contributed by atoms with Crippen LogP contribution in [-0.4, -0.2) is 28.8 Å². The van der Waals surface area contributed by atoms with Crippen molar-refractivity contribution in [3.8, 4) is 28.4 Å². The molecule has 0 fully saturated rings. The van der Waals surface area contributed by atoms with E-state index >= 15 is 0 Å². The van der Waals surface area contributed by atoms with Crippen molar-refractivity contribution in [2.24, 2.45) is 0 Å². The highest BCUT2D eigenvalue weighted by molar-refractivity contribution is 5.83. The molecule has 0 radical (unpaired) electrons. The summed E-state index contributed by atoms with van der Waals surface area (Å²) in [4.78, 5) is 17.4. The fourth-order valence-corrected chi connectivity index (χ4v) is 3.33. The Bertz CT molecular complexity index is 1230. The molecule has 0 saturated carbocycles. The van der Waals surface area contributed by atoms with Crippen molar-refractivity contribution in [1.29, 1.82) is 0 Å². The van der Waals surface area contributed by atoms with Crippen molar-refractivity contribution in [3.63, 3.8) is 0 Å². The Morgan fingerprint density at radius 1 is 0.966 bits per heavy atom. The number of aromatic amines is 1. The van der Waals surface area contributed by atoms with Crippen LogP contribution in [0.3, 0.4) is 0 Å². The van der Waals surface area contributed by atoms with Gasteiger partial charge >= 0.3 is 0 Å². The third kappa shape index (κ3) is 3.42. The fraction of sp³-hybridized carbons (Fsp3) is 0.182. The SMILES string of the molecule is COc1ccccc1OCc1cc(=O)n2[nH]c(C)c(-c3ccccc3OC)c2n1. The van der Waals surface area contributed by atoms with E-state index in [1.807, 2.05) is 55.5 Å². The molecule has 2 heterocycles. The van der Waals surface area contributed by atoms with Crippen LogP contribution in [0, 0.1) is 6.92 Å². The average molecular weight is 391 g/mol. The number of nitrogens with one attached hydrogen (secondary N) is 1. The Balaban J connectivity index is 1.77. The highest BCUT2D eigenvalue weighted by Crippen LogP contribution is 2.34. The van der Waals surface area contributed by atoms with Gasteiger partial charge in [0, 0.05) is 17.3 Å². The van der Waals surface area contributed by atoms with E-state index in [0.717, 1.165) is 16.8 Å². The van der Waals surface area contributed by atoms with Crippen molar-refractivity contribution in [2.75, 3.05) is 14.2 Å². The molecule has 29 heavy (non-hydrogen) atoms. The zero-order valence-corrected chi connectivity index (χ0v) is 16.4. The van der Waals surface area contributed by atoms with Crippen LogP contribution in [0.4, 0.5) is 0 Å². The molecular weight excluding hydrogens is 370 g/mol. The molecule has 0 aliphatic heterocycles. The van der Waals surface area contributed by atoms with Gasteiger partial charge in [-0.3, -0.25) is 9.89 Å². The zero-order valence-electron chi connectivity index (χ0n) is 16.4. The van der Waals surface area contributed by atoms with Crippen LogP contribution in [0.1, 0.15) is 11.4 Å². The van der Waals surface area contributed by atoms with E-state index in [1.165, 1.54) is 10.6 Å². The second kappa shape index (κ2) is 7.71. The van der Waals surface area contributed by atoms with Crippen molar-refractivity contribution in [3.05, 3.63) is 76.3 Å². The summed E-state index contributed by atoms with van der Waals surface area (Å²) in [6, 6.07) is 16.5. The molecule has 0 spiro atoms. The summed E-state index contributed by atoms with van der Waals surface area (Å²) in [7, 11) is 3.20.